The van der Waals surface area contributed by atoms with Crippen molar-refractivity contribution in [3.05, 3.63) is 54.6 Å². The maximum atomic E-state index is 12.8. The molecule has 4 rings (SSSR count). The molecule has 39 heavy (non-hydrogen) atoms. The number of halogens is 3. The number of amides is 1. The van der Waals surface area contributed by atoms with Crippen LogP contribution < -0.4 is 24.3 Å². The molecule has 0 spiro atoms. The summed E-state index contributed by atoms with van der Waals surface area (Å²) >= 11 is 0. The topological polar surface area (TPSA) is 130 Å². The van der Waals surface area contributed by atoms with Gasteiger partial charge in [0, 0.05) is 30.8 Å². The summed E-state index contributed by atoms with van der Waals surface area (Å²) in [6.45, 7) is -1.57. The lowest BCUT2D eigenvalue weighted by Crippen LogP contribution is -2.21. The van der Waals surface area contributed by atoms with Gasteiger partial charge in [-0.05, 0) is 30.7 Å². The second kappa shape index (κ2) is 11.9. The molecule has 11 nitrogen and oxygen atoms in total. The molecule has 0 bridgehead atoms. The number of benzene rings is 1. The van der Waals surface area contributed by atoms with Crippen molar-refractivity contribution >= 4 is 22.6 Å². The lowest BCUT2D eigenvalue weighted by atomic mass is 10.2. The van der Waals surface area contributed by atoms with E-state index in [2.05, 4.69) is 20.4 Å². The average Bonchev–Trinajstić information content (AvgIpc) is 3.34. The van der Waals surface area contributed by atoms with E-state index in [-0.39, 0.29) is 36.8 Å². The van der Waals surface area contributed by atoms with Gasteiger partial charge in [-0.25, -0.2) is 4.98 Å². The van der Waals surface area contributed by atoms with Crippen LogP contribution in [0.25, 0.3) is 10.9 Å². The number of hydrogen-bond acceptors (Lipinski definition) is 9. The van der Waals surface area contributed by atoms with E-state index in [1.807, 2.05) is 0 Å². The van der Waals surface area contributed by atoms with Gasteiger partial charge in [0.25, 0.3) is 5.91 Å². The third-order valence-corrected chi connectivity index (χ3v) is 5.29. The molecule has 1 aromatic carbocycles. The predicted octanol–water partition coefficient (Wildman–Crippen LogP) is 4.21. The van der Waals surface area contributed by atoms with E-state index in [9.17, 15) is 18.0 Å². The van der Waals surface area contributed by atoms with Crippen molar-refractivity contribution in [3.63, 3.8) is 0 Å². The Balaban J connectivity index is 1.50. The van der Waals surface area contributed by atoms with Crippen LogP contribution in [-0.4, -0.2) is 64.4 Å². The first kappa shape index (κ1) is 27.4. The Morgan fingerprint density at radius 2 is 1.82 bits per heavy atom. The molecule has 3 aromatic heterocycles. The third-order valence-electron chi connectivity index (χ3n) is 5.29. The number of aliphatic hydroxyl groups excluding tert-OH is 1. The number of ether oxygens (including phenoxy) is 4. The molecular weight excluding hydrogens is 523 g/mol. The quantitative estimate of drug-likeness (QED) is 0.284. The summed E-state index contributed by atoms with van der Waals surface area (Å²) in [5, 5.41) is 16.1. The zero-order valence-corrected chi connectivity index (χ0v) is 20.9. The van der Waals surface area contributed by atoms with Crippen molar-refractivity contribution in [2.45, 2.75) is 19.1 Å². The number of hydrogen-bond donors (Lipinski definition) is 2. The molecule has 0 aliphatic rings. The van der Waals surface area contributed by atoms with Gasteiger partial charge in [-0.2, -0.15) is 18.3 Å². The van der Waals surface area contributed by atoms with Gasteiger partial charge >= 0.3 is 6.18 Å². The Bertz CT molecular complexity index is 1440. The summed E-state index contributed by atoms with van der Waals surface area (Å²) in [6.07, 6.45) is -0.204. The minimum atomic E-state index is -4.60. The van der Waals surface area contributed by atoms with Crippen LogP contribution in [0.1, 0.15) is 16.9 Å². The largest absolute Gasteiger partial charge is 0.493 e. The molecule has 0 unspecified atom stereocenters. The Labute approximate surface area is 220 Å². The highest BCUT2D eigenvalue weighted by atomic mass is 19.4. The number of rotatable bonds is 11. The number of methoxy groups -OCH3 is 2. The second-order valence-corrected chi connectivity index (χ2v) is 8.05. The van der Waals surface area contributed by atoms with Crippen molar-refractivity contribution < 1.29 is 42.0 Å². The van der Waals surface area contributed by atoms with E-state index < -0.39 is 18.7 Å². The van der Waals surface area contributed by atoms with Gasteiger partial charge < -0.3 is 29.4 Å². The first-order valence-electron chi connectivity index (χ1n) is 11.5. The number of nitrogens with zero attached hydrogens (tertiary/aromatic N) is 4. The molecule has 1 amide bonds. The van der Waals surface area contributed by atoms with Crippen molar-refractivity contribution in [1.29, 1.82) is 0 Å². The molecule has 0 aliphatic carbocycles. The number of nitrogens with one attached hydrogen (secondary N) is 1. The molecule has 3 heterocycles. The highest BCUT2D eigenvalue weighted by Gasteiger charge is 2.30. The predicted molar refractivity (Wildman–Crippen MR) is 133 cm³/mol. The zero-order chi connectivity index (χ0) is 28.0. The van der Waals surface area contributed by atoms with E-state index in [1.54, 1.807) is 30.5 Å². The lowest BCUT2D eigenvalue weighted by Gasteiger charge is -2.12. The molecule has 0 saturated carbocycles. The van der Waals surface area contributed by atoms with Crippen LogP contribution >= 0.6 is 0 Å². The molecule has 0 radical (unpaired) electrons. The minimum Gasteiger partial charge on any atom is -0.493 e. The highest BCUT2D eigenvalue weighted by Crippen LogP contribution is 2.36. The number of alkyl halides is 3. The number of carbonyl (C=O) groups is 1. The molecule has 2 N–H and O–H groups in total. The fraction of sp³-hybridized carbons (Fsp3) is 0.280. The van der Waals surface area contributed by atoms with Gasteiger partial charge in [-0.1, -0.05) is 0 Å². The summed E-state index contributed by atoms with van der Waals surface area (Å²) in [4.78, 5) is 21.3. The van der Waals surface area contributed by atoms with E-state index in [0.29, 0.717) is 33.9 Å². The average molecular weight is 547 g/mol. The molecule has 0 fully saturated rings. The van der Waals surface area contributed by atoms with Crippen LogP contribution in [0.15, 0.2) is 48.9 Å². The number of carbonyl (C=O) groups excluding carboxylic acids is 1. The molecule has 0 atom stereocenters. The fourth-order valence-electron chi connectivity index (χ4n) is 3.53. The van der Waals surface area contributed by atoms with E-state index in [1.165, 1.54) is 37.4 Å². The van der Waals surface area contributed by atoms with Crippen LogP contribution in [0.2, 0.25) is 0 Å². The molecule has 0 saturated heterocycles. The van der Waals surface area contributed by atoms with Crippen LogP contribution in [-0.2, 0) is 6.54 Å². The number of aliphatic hydroxyl groups is 1. The summed E-state index contributed by atoms with van der Waals surface area (Å²) in [6, 6.07) is 8.13. The third kappa shape index (κ3) is 6.84. The molecule has 0 aliphatic heterocycles. The summed E-state index contributed by atoms with van der Waals surface area (Å²) in [5.74, 6) is 0.761. The molecule has 14 heteroatoms. The van der Waals surface area contributed by atoms with Gasteiger partial charge in [0.1, 0.15) is 17.3 Å². The Morgan fingerprint density at radius 1 is 1.05 bits per heavy atom. The van der Waals surface area contributed by atoms with Gasteiger partial charge in [0.15, 0.2) is 29.5 Å². The normalized spacial score (nSPS) is 11.3. The monoisotopic (exact) mass is 547 g/mol. The van der Waals surface area contributed by atoms with Crippen molar-refractivity contribution in [3.8, 4) is 28.7 Å². The number of fused-ring (bicyclic) bond motifs is 1. The summed E-state index contributed by atoms with van der Waals surface area (Å²) in [5.41, 5.74) is 0.260. The van der Waals surface area contributed by atoms with Crippen LogP contribution in [0.3, 0.4) is 0 Å². The Hall–Kier alpha value is -4.59. The van der Waals surface area contributed by atoms with E-state index in [0.717, 1.165) is 0 Å². The van der Waals surface area contributed by atoms with Gasteiger partial charge in [0.2, 0.25) is 0 Å². The maximum absolute atomic E-state index is 12.8. The minimum absolute atomic E-state index is 0.102. The first-order chi connectivity index (χ1) is 18.7. The fourth-order valence-corrected chi connectivity index (χ4v) is 3.53. The summed E-state index contributed by atoms with van der Waals surface area (Å²) < 4.78 is 60.6. The smallest absolute Gasteiger partial charge is 0.422 e. The Morgan fingerprint density at radius 3 is 2.49 bits per heavy atom. The molecular formula is C25H24F3N5O6. The van der Waals surface area contributed by atoms with Gasteiger partial charge in [0.05, 0.1) is 32.1 Å². The zero-order valence-electron chi connectivity index (χ0n) is 20.9. The number of pyridine rings is 2. The number of aryl methyl sites for hydroxylation is 1. The molecule has 206 valence electrons. The van der Waals surface area contributed by atoms with Crippen LogP contribution in [0.4, 0.5) is 19.0 Å². The van der Waals surface area contributed by atoms with E-state index >= 15 is 0 Å². The Kier molecular flexibility index (Phi) is 8.34. The maximum Gasteiger partial charge on any atom is 0.422 e. The first-order valence-corrected chi connectivity index (χ1v) is 11.5. The lowest BCUT2D eigenvalue weighted by molar-refractivity contribution is -0.153. The number of aromatic nitrogens is 4. The summed E-state index contributed by atoms with van der Waals surface area (Å²) in [7, 11) is 3.04. The number of anilines is 1. The van der Waals surface area contributed by atoms with Crippen LogP contribution in [0, 0.1) is 0 Å². The van der Waals surface area contributed by atoms with Gasteiger partial charge in [-0.15, -0.1) is 0 Å². The van der Waals surface area contributed by atoms with Crippen molar-refractivity contribution in [2.75, 3.05) is 32.8 Å². The standard InChI is InChI=1S/C25H24F3N5O6/c1-36-19-10-16-17(11-20(19)37-2)29-7-6-18(16)39-15-4-5-22(30-12-15)31-24(35)23-21(38-14-25(26,27)28)13-33(32-23)8-3-9-34/h4-7,10-13,34H,3,8-9,14H2,1-2H3,(H,30,31,35). The van der Waals surface area contributed by atoms with E-state index in [4.69, 9.17) is 24.1 Å². The molecule has 4 aromatic rings. The highest BCUT2D eigenvalue weighted by molar-refractivity contribution is 6.04. The second-order valence-electron chi connectivity index (χ2n) is 8.05. The van der Waals surface area contributed by atoms with Gasteiger partial charge in [-0.3, -0.25) is 14.5 Å². The SMILES string of the molecule is COc1cc2nccc(Oc3ccc(NC(=O)c4nn(CCCO)cc4OCC(F)(F)F)nc3)c2cc1OC. The van der Waals surface area contributed by atoms with Crippen molar-refractivity contribution in [2.24, 2.45) is 0 Å². The van der Waals surface area contributed by atoms with Crippen molar-refractivity contribution in [1.82, 2.24) is 19.7 Å². The van der Waals surface area contributed by atoms with Crippen LogP contribution in [0.5, 0.6) is 28.7 Å².